The Kier molecular flexibility index (Phi) is 3.65. The number of nitrogens with zero attached hydrogens (tertiary/aromatic N) is 2. The minimum Gasteiger partial charge on any atom is -0.293 e. The summed E-state index contributed by atoms with van der Waals surface area (Å²) in [5.41, 5.74) is 2.51. The van der Waals surface area contributed by atoms with E-state index in [1.54, 1.807) is 0 Å². The molecule has 0 spiro atoms. The van der Waals surface area contributed by atoms with Gasteiger partial charge >= 0.3 is 0 Å². The highest BCUT2D eigenvalue weighted by Gasteiger charge is 2.18. The van der Waals surface area contributed by atoms with Gasteiger partial charge in [0.1, 0.15) is 0 Å². The molecule has 1 aromatic rings. The van der Waals surface area contributed by atoms with Crippen molar-refractivity contribution < 1.29 is 0 Å². The predicted molar refractivity (Wildman–Crippen MR) is 66.3 cm³/mol. The quantitative estimate of drug-likeness (QED) is 0.765. The van der Waals surface area contributed by atoms with Gasteiger partial charge in [0.05, 0.1) is 5.69 Å². The van der Waals surface area contributed by atoms with E-state index in [9.17, 15) is 0 Å². The van der Waals surface area contributed by atoms with Crippen molar-refractivity contribution in [3.63, 3.8) is 0 Å². The van der Waals surface area contributed by atoms with Crippen LogP contribution in [0.4, 0.5) is 0 Å². The second-order valence-electron chi connectivity index (χ2n) is 4.08. The van der Waals surface area contributed by atoms with Gasteiger partial charge in [-0.1, -0.05) is 0 Å². The fraction of sp³-hybridized carbons (Fsp3) is 0.583. The summed E-state index contributed by atoms with van der Waals surface area (Å²) in [6.45, 7) is 6.78. The molecule has 0 N–H and O–H groups in total. The van der Waals surface area contributed by atoms with Crippen LogP contribution >= 0.6 is 11.8 Å². The van der Waals surface area contributed by atoms with Crippen molar-refractivity contribution in [3.8, 4) is 0 Å². The van der Waals surface area contributed by atoms with Crippen molar-refractivity contribution in [2.75, 3.05) is 24.6 Å². The fourth-order valence-electron chi connectivity index (χ4n) is 1.94. The van der Waals surface area contributed by atoms with Crippen LogP contribution in [0.2, 0.25) is 0 Å². The van der Waals surface area contributed by atoms with Crippen LogP contribution in [0.25, 0.3) is 0 Å². The average Bonchev–Trinajstić information content (AvgIpc) is 2.29. The molecule has 2 heterocycles. The molecule has 1 unspecified atom stereocenters. The third kappa shape index (κ3) is 2.73. The van der Waals surface area contributed by atoms with Crippen molar-refractivity contribution in [1.82, 2.24) is 9.88 Å². The van der Waals surface area contributed by atoms with E-state index < -0.39 is 0 Å². The second kappa shape index (κ2) is 4.99. The number of hydrogen-bond acceptors (Lipinski definition) is 3. The van der Waals surface area contributed by atoms with Crippen molar-refractivity contribution in [2.45, 2.75) is 19.9 Å². The summed E-state index contributed by atoms with van der Waals surface area (Å²) in [6.07, 6.45) is 1.92. The van der Waals surface area contributed by atoms with Gasteiger partial charge in [-0.05, 0) is 31.5 Å². The number of aromatic nitrogens is 1. The van der Waals surface area contributed by atoms with Crippen LogP contribution in [0.5, 0.6) is 0 Å². The molecule has 2 rings (SSSR count). The summed E-state index contributed by atoms with van der Waals surface area (Å²) >= 11 is 2.05. The lowest BCUT2D eigenvalue weighted by molar-refractivity contribution is 0.229. The van der Waals surface area contributed by atoms with E-state index in [1.165, 1.54) is 35.9 Å². The van der Waals surface area contributed by atoms with E-state index in [2.05, 4.69) is 47.6 Å². The molecule has 0 aliphatic carbocycles. The van der Waals surface area contributed by atoms with Crippen molar-refractivity contribution in [3.05, 3.63) is 29.6 Å². The van der Waals surface area contributed by atoms with Gasteiger partial charge in [-0.3, -0.25) is 9.88 Å². The first-order valence-electron chi connectivity index (χ1n) is 5.52. The van der Waals surface area contributed by atoms with E-state index >= 15 is 0 Å². The predicted octanol–water partition coefficient (Wildman–Crippen LogP) is 2.50. The van der Waals surface area contributed by atoms with E-state index in [0.717, 1.165) is 0 Å². The lowest BCUT2D eigenvalue weighted by atomic mass is 10.1. The minimum absolute atomic E-state index is 0.464. The lowest BCUT2D eigenvalue weighted by Gasteiger charge is -2.31. The van der Waals surface area contributed by atoms with Gasteiger partial charge < -0.3 is 0 Å². The Morgan fingerprint density at radius 1 is 1.40 bits per heavy atom. The van der Waals surface area contributed by atoms with Gasteiger partial charge in [0, 0.05) is 36.8 Å². The number of rotatable bonds is 2. The molecule has 1 aromatic heterocycles. The zero-order valence-electron chi connectivity index (χ0n) is 9.44. The maximum Gasteiger partial charge on any atom is 0.0575 e. The Labute approximate surface area is 96.1 Å². The largest absolute Gasteiger partial charge is 0.293 e. The highest BCUT2D eigenvalue weighted by Crippen LogP contribution is 2.22. The molecule has 0 aromatic carbocycles. The second-order valence-corrected chi connectivity index (χ2v) is 5.31. The van der Waals surface area contributed by atoms with Crippen LogP contribution in [-0.2, 0) is 0 Å². The highest BCUT2D eigenvalue weighted by atomic mass is 32.2. The van der Waals surface area contributed by atoms with E-state index in [1.807, 2.05) is 6.20 Å². The monoisotopic (exact) mass is 222 g/mol. The Hall–Kier alpha value is -0.540. The SMILES string of the molecule is Cc1ccnc(C(C)N2CCSCC2)c1. The molecule has 0 saturated carbocycles. The topological polar surface area (TPSA) is 16.1 Å². The Morgan fingerprint density at radius 3 is 2.80 bits per heavy atom. The highest BCUT2D eigenvalue weighted by molar-refractivity contribution is 7.99. The number of pyridine rings is 1. The molecular formula is C12H18N2S. The third-order valence-corrected chi connectivity index (χ3v) is 3.90. The normalized spacial score (nSPS) is 20.1. The summed E-state index contributed by atoms with van der Waals surface area (Å²) in [5, 5.41) is 0. The van der Waals surface area contributed by atoms with Gasteiger partial charge in [0.15, 0.2) is 0 Å². The molecule has 2 nitrogen and oxygen atoms in total. The molecule has 1 atom stereocenters. The van der Waals surface area contributed by atoms with Crippen LogP contribution < -0.4 is 0 Å². The molecule has 82 valence electrons. The molecule has 0 bridgehead atoms. The molecular weight excluding hydrogens is 204 g/mol. The maximum atomic E-state index is 4.47. The van der Waals surface area contributed by atoms with Crippen molar-refractivity contribution in [2.24, 2.45) is 0 Å². The molecule has 1 aliphatic heterocycles. The van der Waals surface area contributed by atoms with Crippen LogP contribution in [0.1, 0.15) is 24.2 Å². The summed E-state index contributed by atoms with van der Waals surface area (Å²) in [6, 6.07) is 4.72. The summed E-state index contributed by atoms with van der Waals surface area (Å²) in [4.78, 5) is 6.99. The van der Waals surface area contributed by atoms with Crippen LogP contribution in [-0.4, -0.2) is 34.5 Å². The van der Waals surface area contributed by atoms with Crippen molar-refractivity contribution >= 4 is 11.8 Å². The van der Waals surface area contributed by atoms with Gasteiger partial charge in [-0.15, -0.1) is 0 Å². The van der Waals surface area contributed by atoms with E-state index in [4.69, 9.17) is 0 Å². The zero-order valence-corrected chi connectivity index (χ0v) is 10.3. The molecule has 3 heteroatoms. The number of thioether (sulfide) groups is 1. The van der Waals surface area contributed by atoms with Crippen LogP contribution in [0, 0.1) is 6.92 Å². The minimum atomic E-state index is 0.464. The van der Waals surface area contributed by atoms with E-state index in [-0.39, 0.29) is 0 Å². The number of hydrogen-bond donors (Lipinski definition) is 0. The smallest absolute Gasteiger partial charge is 0.0575 e. The first-order chi connectivity index (χ1) is 7.27. The lowest BCUT2D eigenvalue weighted by Crippen LogP contribution is -2.35. The standard InChI is InChI=1S/C12H18N2S/c1-10-3-4-13-12(9-10)11(2)14-5-7-15-8-6-14/h3-4,9,11H,5-8H2,1-2H3. The molecule has 0 amide bonds. The summed E-state index contributed by atoms with van der Waals surface area (Å²) in [7, 11) is 0. The van der Waals surface area contributed by atoms with Crippen molar-refractivity contribution in [1.29, 1.82) is 0 Å². The fourth-order valence-corrected chi connectivity index (χ4v) is 2.87. The number of aryl methyl sites for hydroxylation is 1. The summed E-state index contributed by atoms with van der Waals surface area (Å²) in [5.74, 6) is 2.52. The Morgan fingerprint density at radius 2 is 2.13 bits per heavy atom. The molecule has 15 heavy (non-hydrogen) atoms. The van der Waals surface area contributed by atoms with Gasteiger partial charge in [0.2, 0.25) is 0 Å². The first-order valence-corrected chi connectivity index (χ1v) is 6.67. The molecule has 0 radical (unpaired) electrons. The Bertz CT molecular complexity index is 321. The van der Waals surface area contributed by atoms with Crippen LogP contribution in [0.3, 0.4) is 0 Å². The Balaban J connectivity index is 2.08. The molecule has 1 aliphatic rings. The van der Waals surface area contributed by atoms with Crippen LogP contribution in [0.15, 0.2) is 18.3 Å². The first kappa shape index (κ1) is 11.0. The average molecular weight is 222 g/mol. The zero-order chi connectivity index (χ0) is 10.7. The maximum absolute atomic E-state index is 4.47. The van der Waals surface area contributed by atoms with E-state index in [0.29, 0.717) is 6.04 Å². The third-order valence-electron chi connectivity index (χ3n) is 2.96. The molecule has 1 fully saturated rings. The van der Waals surface area contributed by atoms with Gasteiger partial charge in [0.25, 0.3) is 0 Å². The van der Waals surface area contributed by atoms with Gasteiger partial charge in [-0.25, -0.2) is 0 Å². The molecule has 1 saturated heterocycles. The summed E-state index contributed by atoms with van der Waals surface area (Å²) < 4.78 is 0. The van der Waals surface area contributed by atoms with Gasteiger partial charge in [-0.2, -0.15) is 11.8 Å².